The van der Waals surface area contributed by atoms with E-state index in [1.807, 2.05) is 48.5 Å². The van der Waals surface area contributed by atoms with E-state index in [2.05, 4.69) is 30.4 Å². The van der Waals surface area contributed by atoms with E-state index in [1.165, 1.54) is 0 Å². The molecule has 3 nitrogen and oxygen atoms in total. The van der Waals surface area contributed by atoms with Crippen LogP contribution in [-0.2, 0) is 4.79 Å². The number of carbonyl (C=O) groups is 1. The van der Waals surface area contributed by atoms with E-state index in [1.54, 1.807) is 17.8 Å². The van der Waals surface area contributed by atoms with E-state index in [4.69, 9.17) is 11.6 Å². The molecule has 27 heavy (non-hydrogen) atoms. The molecular weight excluding hydrogens is 399 g/mol. The Morgan fingerprint density at radius 1 is 1.11 bits per heavy atom. The van der Waals surface area contributed by atoms with Crippen LogP contribution in [-0.4, -0.2) is 38.0 Å². The van der Waals surface area contributed by atoms with Gasteiger partial charge in [-0.25, -0.2) is 0 Å². The molecule has 2 aromatic rings. The Balaban J connectivity index is 0.00000364. The van der Waals surface area contributed by atoms with Crippen LogP contribution in [0.5, 0.6) is 0 Å². The summed E-state index contributed by atoms with van der Waals surface area (Å²) in [5, 5.41) is 3.66. The number of halogens is 2. The minimum atomic E-state index is -0.0545. The zero-order valence-corrected chi connectivity index (χ0v) is 18.0. The van der Waals surface area contributed by atoms with Crippen molar-refractivity contribution in [2.24, 2.45) is 0 Å². The molecule has 1 N–H and O–H groups in total. The number of nitrogens with zero attached hydrogens (tertiary/aromatic N) is 1. The molecule has 2 aromatic carbocycles. The highest BCUT2D eigenvalue weighted by Gasteiger charge is 2.03. The first-order valence-electron chi connectivity index (χ1n) is 8.67. The van der Waals surface area contributed by atoms with Crippen molar-refractivity contribution in [1.82, 2.24) is 10.2 Å². The number of rotatable bonds is 9. The highest BCUT2D eigenvalue weighted by Crippen LogP contribution is 2.31. The topological polar surface area (TPSA) is 32.3 Å². The van der Waals surface area contributed by atoms with Crippen molar-refractivity contribution in [3.05, 3.63) is 65.2 Å². The van der Waals surface area contributed by atoms with E-state index in [-0.39, 0.29) is 18.3 Å². The van der Waals surface area contributed by atoms with E-state index in [0.29, 0.717) is 6.54 Å². The van der Waals surface area contributed by atoms with Crippen LogP contribution < -0.4 is 5.32 Å². The molecular formula is C21H26Cl2N2OS. The SMILES string of the molecule is CN(C)CCCCNC(=O)C=Cc1ccccc1Sc1ccc(Cl)cc1.Cl. The predicted molar refractivity (Wildman–Crippen MR) is 119 cm³/mol. The van der Waals surface area contributed by atoms with Crippen LogP contribution in [0.4, 0.5) is 0 Å². The lowest BCUT2D eigenvalue weighted by Gasteiger charge is -2.08. The van der Waals surface area contributed by atoms with Gasteiger partial charge in [-0.15, -0.1) is 12.4 Å². The second-order valence-corrected chi connectivity index (χ2v) is 7.78. The molecule has 0 fully saturated rings. The summed E-state index contributed by atoms with van der Waals surface area (Å²) in [6.07, 6.45) is 5.54. The largest absolute Gasteiger partial charge is 0.353 e. The first-order valence-corrected chi connectivity index (χ1v) is 9.87. The van der Waals surface area contributed by atoms with E-state index in [9.17, 15) is 4.79 Å². The van der Waals surface area contributed by atoms with Crippen LogP contribution >= 0.6 is 35.8 Å². The molecule has 0 unspecified atom stereocenters. The minimum Gasteiger partial charge on any atom is -0.353 e. The molecule has 0 aromatic heterocycles. The molecule has 0 radical (unpaired) electrons. The molecule has 0 aliphatic carbocycles. The van der Waals surface area contributed by atoms with Gasteiger partial charge in [-0.05, 0) is 75.5 Å². The number of hydrogen-bond donors (Lipinski definition) is 1. The van der Waals surface area contributed by atoms with Crippen LogP contribution in [0.3, 0.4) is 0 Å². The normalized spacial score (nSPS) is 10.8. The van der Waals surface area contributed by atoms with Crippen LogP contribution in [0.25, 0.3) is 6.08 Å². The van der Waals surface area contributed by atoms with Crippen molar-refractivity contribution >= 4 is 47.8 Å². The lowest BCUT2D eigenvalue weighted by Crippen LogP contribution is -2.23. The van der Waals surface area contributed by atoms with Crippen molar-refractivity contribution in [1.29, 1.82) is 0 Å². The van der Waals surface area contributed by atoms with Gasteiger partial charge in [0.1, 0.15) is 0 Å². The van der Waals surface area contributed by atoms with Gasteiger partial charge in [-0.1, -0.05) is 41.6 Å². The highest BCUT2D eigenvalue weighted by atomic mass is 35.5. The number of nitrogens with one attached hydrogen (secondary N) is 1. The Labute approximate surface area is 177 Å². The summed E-state index contributed by atoms with van der Waals surface area (Å²) in [5.74, 6) is -0.0545. The van der Waals surface area contributed by atoms with Crippen LogP contribution in [0.1, 0.15) is 18.4 Å². The van der Waals surface area contributed by atoms with Crippen molar-refractivity contribution in [3.8, 4) is 0 Å². The second-order valence-electron chi connectivity index (χ2n) is 6.23. The summed E-state index contributed by atoms with van der Waals surface area (Å²) < 4.78 is 0. The average Bonchev–Trinajstić information content (AvgIpc) is 2.62. The molecule has 0 saturated carbocycles. The lowest BCUT2D eigenvalue weighted by molar-refractivity contribution is -0.116. The predicted octanol–water partition coefficient (Wildman–Crippen LogP) is 5.38. The summed E-state index contributed by atoms with van der Waals surface area (Å²) in [7, 11) is 4.11. The van der Waals surface area contributed by atoms with Crippen molar-refractivity contribution in [3.63, 3.8) is 0 Å². The summed E-state index contributed by atoms with van der Waals surface area (Å²) in [4.78, 5) is 16.4. The standard InChI is InChI=1S/C21H25ClN2OS.ClH/c1-24(2)16-6-5-15-23-21(25)14-9-17-7-3-4-8-20(17)26-19-12-10-18(22)11-13-19;/h3-4,7-14H,5-6,15-16H2,1-2H3,(H,23,25);1H. The zero-order valence-electron chi connectivity index (χ0n) is 15.7. The van der Waals surface area contributed by atoms with Crippen molar-refractivity contribution < 1.29 is 4.79 Å². The van der Waals surface area contributed by atoms with Gasteiger partial charge in [0.05, 0.1) is 0 Å². The van der Waals surface area contributed by atoms with Crippen LogP contribution in [0, 0.1) is 0 Å². The first-order chi connectivity index (χ1) is 12.5. The smallest absolute Gasteiger partial charge is 0.243 e. The van der Waals surface area contributed by atoms with Crippen molar-refractivity contribution in [2.75, 3.05) is 27.2 Å². The number of benzene rings is 2. The van der Waals surface area contributed by atoms with Gasteiger partial charge >= 0.3 is 0 Å². The maximum Gasteiger partial charge on any atom is 0.243 e. The fourth-order valence-electron chi connectivity index (χ4n) is 2.33. The molecule has 0 spiro atoms. The van der Waals surface area contributed by atoms with E-state index >= 15 is 0 Å². The summed E-state index contributed by atoms with van der Waals surface area (Å²) in [5.41, 5.74) is 1.02. The molecule has 6 heteroatoms. The van der Waals surface area contributed by atoms with Crippen LogP contribution in [0.15, 0.2) is 64.4 Å². The summed E-state index contributed by atoms with van der Waals surface area (Å²) in [6.45, 7) is 1.75. The molecule has 0 aliphatic rings. The first kappa shape index (κ1) is 23.6. The summed E-state index contributed by atoms with van der Waals surface area (Å²) >= 11 is 7.60. The average molecular weight is 425 g/mol. The van der Waals surface area contributed by atoms with Gasteiger partial charge in [0, 0.05) is 27.4 Å². The Kier molecular flexibility index (Phi) is 11.2. The van der Waals surface area contributed by atoms with Crippen LogP contribution in [0.2, 0.25) is 5.02 Å². The highest BCUT2D eigenvalue weighted by molar-refractivity contribution is 7.99. The molecule has 0 bridgehead atoms. The van der Waals surface area contributed by atoms with Gasteiger partial charge in [-0.3, -0.25) is 4.79 Å². The maximum atomic E-state index is 12.0. The Morgan fingerprint density at radius 2 is 1.81 bits per heavy atom. The van der Waals surface area contributed by atoms with E-state index < -0.39 is 0 Å². The third kappa shape index (κ3) is 9.34. The fourth-order valence-corrected chi connectivity index (χ4v) is 3.38. The van der Waals surface area contributed by atoms with Gasteiger partial charge in [0.2, 0.25) is 5.91 Å². The lowest BCUT2D eigenvalue weighted by atomic mass is 10.2. The fraction of sp³-hybridized carbons (Fsp3) is 0.286. The third-order valence-electron chi connectivity index (χ3n) is 3.71. The zero-order chi connectivity index (χ0) is 18.8. The molecule has 0 heterocycles. The Morgan fingerprint density at radius 3 is 2.52 bits per heavy atom. The molecule has 2 rings (SSSR count). The number of hydrogen-bond acceptors (Lipinski definition) is 3. The Hall–Kier alpha value is -1.46. The van der Waals surface area contributed by atoms with E-state index in [0.717, 1.165) is 39.8 Å². The molecule has 146 valence electrons. The molecule has 0 atom stereocenters. The monoisotopic (exact) mass is 424 g/mol. The summed E-state index contributed by atoms with van der Waals surface area (Å²) in [6, 6.07) is 15.8. The number of unbranched alkanes of at least 4 members (excludes halogenated alkanes) is 1. The molecule has 1 amide bonds. The Bertz CT molecular complexity index is 733. The third-order valence-corrected chi connectivity index (χ3v) is 5.06. The second kappa shape index (κ2) is 12.8. The molecule has 0 aliphatic heterocycles. The number of amides is 1. The molecule has 0 saturated heterocycles. The minimum absolute atomic E-state index is 0. The van der Waals surface area contributed by atoms with Gasteiger partial charge in [-0.2, -0.15) is 0 Å². The van der Waals surface area contributed by atoms with Gasteiger partial charge in [0.25, 0.3) is 0 Å². The van der Waals surface area contributed by atoms with Gasteiger partial charge < -0.3 is 10.2 Å². The number of carbonyl (C=O) groups excluding carboxylic acids is 1. The quantitative estimate of drug-likeness (QED) is 0.432. The van der Waals surface area contributed by atoms with Gasteiger partial charge in [0.15, 0.2) is 0 Å². The van der Waals surface area contributed by atoms with Crippen molar-refractivity contribution in [2.45, 2.75) is 22.6 Å². The maximum absolute atomic E-state index is 12.0.